The van der Waals surface area contributed by atoms with Crippen LogP contribution >= 0.6 is 0 Å². The van der Waals surface area contributed by atoms with Crippen molar-refractivity contribution in [3.8, 4) is 0 Å². The number of hydrogen-bond donors (Lipinski definition) is 0. The molecule has 4 nitrogen and oxygen atoms in total. The molecule has 3 aliphatic carbocycles. The van der Waals surface area contributed by atoms with Gasteiger partial charge in [0.05, 0.1) is 11.9 Å². The Morgan fingerprint density at radius 1 is 1.25 bits per heavy atom. The van der Waals surface area contributed by atoms with Gasteiger partial charge in [-0.05, 0) is 36.7 Å². The molecule has 0 saturated heterocycles. The number of hydrogen-bond acceptors (Lipinski definition) is 3. The molecule has 3 atom stereocenters. The maximum atomic E-state index is 5.62. The fraction of sp³-hybridized carbons (Fsp3) is 0.625. The molecule has 0 amide bonds. The quantitative estimate of drug-likeness (QED) is 0.738. The summed E-state index contributed by atoms with van der Waals surface area (Å²) >= 11 is 0. The molecule has 1 saturated carbocycles. The lowest BCUT2D eigenvalue weighted by atomic mass is 9.56. The number of rotatable bonds is 0. The van der Waals surface area contributed by atoms with Gasteiger partial charge in [-0.25, -0.2) is 0 Å². The van der Waals surface area contributed by atoms with Crippen LogP contribution in [0.1, 0.15) is 49.3 Å². The van der Waals surface area contributed by atoms with Crippen LogP contribution in [-0.4, -0.2) is 14.9 Å². The summed E-state index contributed by atoms with van der Waals surface area (Å²) in [6, 6.07) is 0. The van der Waals surface area contributed by atoms with Crippen LogP contribution in [0.3, 0.4) is 0 Å². The Morgan fingerprint density at radius 2 is 2.10 bits per heavy atom. The highest BCUT2D eigenvalue weighted by Crippen LogP contribution is 2.78. The molecular weight excluding hydrogens is 250 g/mol. The molecule has 1 unspecified atom stereocenters. The van der Waals surface area contributed by atoms with Crippen LogP contribution in [0.5, 0.6) is 0 Å². The number of aromatic nitrogens is 3. The zero-order chi connectivity index (χ0) is 13.8. The Morgan fingerprint density at radius 3 is 2.95 bits per heavy atom. The van der Waals surface area contributed by atoms with Crippen LogP contribution in [0, 0.1) is 5.41 Å². The smallest absolute Gasteiger partial charge is 0.146 e. The molecule has 104 valence electrons. The largest absolute Gasteiger partial charge is 0.361 e. The molecule has 4 heteroatoms. The lowest BCUT2D eigenvalue weighted by molar-refractivity contribution is 0.159. The van der Waals surface area contributed by atoms with Crippen molar-refractivity contribution in [2.45, 2.75) is 50.4 Å². The van der Waals surface area contributed by atoms with Crippen LogP contribution < -0.4 is 0 Å². The van der Waals surface area contributed by atoms with Gasteiger partial charge in [0.1, 0.15) is 5.76 Å². The van der Waals surface area contributed by atoms with E-state index in [0.717, 1.165) is 18.6 Å². The summed E-state index contributed by atoms with van der Waals surface area (Å²) in [4.78, 5) is 0. The first-order valence-electron chi connectivity index (χ1n) is 7.47. The summed E-state index contributed by atoms with van der Waals surface area (Å²) in [5.74, 6) is 1.15. The number of nitrogens with zero attached hydrogens (tertiary/aromatic N) is 3. The summed E-state index contributed by atoms with van der Waals surface area (Å²) in [5.41, 5.74) is 4.68. The van der Waals surface area contributed by atoms with Crippen molar-refractivity contribution >= 4 is 0 Å². The van der Waals surface area contributed by atoms with E-state index in [1.165, 1.54) is 29.7 Å². The summed E-state index contributed by atoms with van der Waals surface area (Å²) in [7, 11) is 2.04. The third-order valence-corrected chi connectivity index (χ3v) is 6.58. The zero-order valence-corrected chi connectivity index (χ0v) is 12.2. The molecule has 3 aliphatic rings. The Labute approximate surface area is 118 Å². The van der Waals surface area contributed by atoms with Crippen LogP contribution in [0.4, 0.5) is 0 Å². The lowest BCUT2D eigenvalue weighted by Gasteiger charge is -2.46. The highest BCUT2D eigenvalue weighted by molar-refractivity contribution is 5.51. The van der Waals surface area contributed by atoms with Gasteiger partial charge >= 0.3 is 0 Å². The van der Waals surface area contributed by atoms with Crippen molar-refractivity contribution in [1.29, 1.82) is 0 Å². The minimum atomic E-state index is 0.134. The summed E-state index contributed by atoms with van der Waals surface area (Å²) in [6.45, 7) is 4.78. The van der Waals surface area contributed by atoms with Gasteiger partial charge in [-0.15, -0.1) is 0 Å². The first kappa shape index (κ1) is 11.1. The van der Waals surface area contributed by atoms with E-state index < -0.39 is 0 Å². The minimum Gasteiger partial charge on any atom is -0.361 e. The molecule has 0 aromatic carbocycles. The van der Waals surface area contributed by atoms with E-state index >= 15 is 0 Å². The normalized spacial score (nSPS) is 40.5. The molecule has 1 spiro atoms. The Hall–Kier alpha value is -1.58. The van der Waals surface area contributed by atoms with E-state index in [2.05, 4.69) is 25.2 Å². The van der Waals surface area contributed by atoms with Crippen molar-refractivity contribution in [3.05, 3.63) is 35.0 Å². The van der Waals surface area contributed by atoms with Gasteiger partial charge in [-0.3, -0.25) is 4.68 Å². The van der Waals surface area contributed by atoms with E-state index in [1.807, 2.05) is 17.9 Å². The number of aryl methyl sites for hydroxylation is 2. The Balaban J connectivity index is 1.80. The predicted molar refractivity (Wildman–Crippen MR) is 73.5 cm³/mol. The van der Waals surface area contributed by atoms with Gasteiger partial charge in [0.15, 0.2) is 0 Å². The highest BCUT2D eigenvalue weighted by atomic mass is 16.5. The third-order valence-electron chi connectivity index (χ3n) is 6.58. The van der Waals surface area contributed by atoms with Gasteiger partial charge in [-0.2, -0.15) is 5.10 Å². The number of fused-ring (bicyclic) bond motifs is 4. The van der Waals surface area contributed by atoms with E-state index in [9.17, 15) is 0 Å². The first-order chi connectivity index (χ1) is 9.50. The average molecular weight is 269 g/mol. The van der Waals surface area contributed by atoms with Gasteiger partial charge < -0.3 is 4.52 Å². The second-order valence-electron chi connectivity index (χ2n) is 7.46. The van der Waals surface area contributed by atoms with Crippen LogP contribution in [-0.2, 0) is 30.7 Å². The van der Waals surface area contributed by atoms with Gasteiger partial charge in [0, 0.05) is 29.6 Å². The fourth-order valence-electron chi connectivity index (χ4n) is 5.54. The van der Waals surface area contributed by atoms with Crippen LogP contribution in [0.2, 0.25) is 0 Å². The molecule has 0 aliphatic heterocycles. The van der Waals surface area contributed by atoms with E-state index in [4.69, 9.17) is 9.62 Å². The Bertz CT molecular complexity index is 745. The second kappa shape index (κ2) is 2.87. The average Bonchev–Trinajstić information content (AvgIpc) is 2.77. The van der Waals surface area contributed by atoms with Gasteiger partial charge in [0.2, 0.25) is 0 Å². The third kappa shape index (κ3) is 0.912. The molecule has 2 aromatic rings. The monoisotopic (exact) mass is 269 g/mol. The van der Waals surface area contributed by atoms with Crippen molar-refractivity contribution in [2.75, 3.05) is 0 Å². The van der Waals surface area contributed by atoms with Crippen molar-refractivity contribution < 1.29 is 4.52 Å². The van der Waals surface area contributed by atoms with Crippen molar-refractivity contribution in [2.24, 2.45) is 12.5 Å². The second-order valence-corrected chi connectivity index (χ2v) is 7.46. The highest BCUT2D eigenvalue weighted by Gasteiger charge is 2.78. The van der Waals surface area contributed by atoms with Gasteiger partial charge in [0.25, 0.3) is 0 Å². The minimum absolute atomic E-state index is 0.134. The van der Waals surface area contributed by atoms with Crippen LogP contribution in [0.25, 0.3) is 0 Å². The molecule has 0 bridgehead atoms. The predicted octanol–water partition coefficient (Wildman–Crippen LogP) is 2.52. The summed E-state index contributed by atoms with van der Waals surface area (Å²) in [5, 5.41) is 8.91. The van der Waals surface area contributed by atoms with Crippen LogP contribution in [0.15, 0.2) is 16.9 Å². The SMILES string of the molecule is Cn1cc2c(n1)[C@@]1(C)Cc3cnoc3C3(C)C[C@]31CC2. The topological polar surface area (TPSA) is 43.9 Å². The molecule has 0 radical (unpaired) electrons. The fourth-order valence-corrected chi connectivity index (χ4v) is 5.54. The van der Waals surface area contributed by atoms with E-state index in [1.54, 1.807) is 0 Å². The van der Waals surface area contributed by atoms with Gasteiger partial charge in [-0.1, -0.05) is 19.0 Å². The molecule has 2 heterocycles. The van der Waals surface area contributed by atoms with Crippen molar-refractivity contribution in [1.82, 2.24) is 14.9 Å². The summed E-state index contributed by atoms with van der Waals surface area (Å²) < 4.78 is 7.60. The lowest BCUT2D eigenvalue weighted by Crippen LogP contribution is -2.47. The summed E-state index contributed by atoms with van der Waals surface area (Å²) in [6.07, 6.45) is 8.76. The molecular formula is C16H19N3O. The van der Waals surface area contributed by atoms with E-state index in [0.29, 0.717) is 5.41 Å². The maximum Gasteiger partial charge on any atom is 0.146 e. The molecule has 20 heavy (non-hydrogen) atoms. The molecule has 5 rings (SSSR count). The zero-order valence-electron chi connectivity index (χ0n) is 12.2. The van der Waals surface area contributed by atoms with Crippen molar-refractivity contribution in [3.63, 3.8) is 0 Å². The standard InChI is InChI=1S/C16H19N3O/c1-14-6-11-7-17-20-13(11)15(2)9-16(14,15)5-4-10-8-19(3)18-12(10)14/h7-8H,4-6,9H2,1-3H3/t14-,15?,16+/m1/s1. The first-order valence-corrected chi connectivity index (χ1v) is 7.47. The molecule has 1 fully saturated rings. The Kier molecular flexibility index (Phi) is 1.60. The molecule has 2 aromatic heterocycles. The van der Waals surface area contributed by atoms with E-state index in [-0.39, 0.29) is 10.8 Å². The maximum absolute atomic E-state index is 5.62. The molecule has 0 N–H and O–H groups in total.